The highest BCUT2D eigenvalue weighted by Gasteiger charge is 2.12. The Balaban J connectivity index is 2.40. The smallest absolute Gasteiger partial charge is 0.227 e. The first-order valence-electron chi connectivity index (χ1n) is 6.11. The maximum absolute atomic E-state index is 5.99. The Morgan fingerprint density at radius 3 is 2.79 bits per heavy atom. The van der Waals surface area contributed by atoms with Crippen molar-refractivity contribution in [3.63, 3.8) is 0 Å². The van der Waals surface area contributed by atoms with Crippen LogP contribution >= 0.6 is 11.6 Å². The molecule has 100 valence electrons. The fourth-order valence-corrected chi connectivity index (χ4v) is 1.97. The summed E-state index contributed by atoms with van der Waals surface area (Å²) < 4.78 is 5.88. The van der Waals surface area contributed by atoms with Crippen molar-refractivity contribution >= 4 is 17.4 Å². The number of benzene rings is 1. The average Bonchev–Trinajstić information content (AvgIpc) is 2.42. The van der Waals surface area contributed by atoms with Crippen LogP contribution in [-0.2, 0) is 6.42 Å². The summed E-state index contributed by atoms with van der Waals surface area (Å²) in [5.74, 6) is 2.06. The van der Waals surface area contributed by atoms with Crippen LogP contribution in [0.4, 0.5) is 5.82 Å². The van der Waals surface area contributed by atoms with Crippen molar-refractivity contribution in [3.8, 4) is 11.6 Å². The van der Waals surface area contributed by atoms with Crippen LogP contribution in [0.15, 0.2) is 24.5 Å². The van der Waals surface area contributed by atoms with E-state index in [0.29, 0.717) is 16.7 Å². The molecule has 1 aromatic heterocycles. The van der Waals surface area contributed by atoms with Gasteiger partial charge in [0.15, 0.2) is 0 Å². The average molecular weight is 278 g/mol. The largest absolute Gasteiger partial charge is 0.438 e. The SMILES string of the molecule is CCc1c(NC)ncnc1Oc1cc(Cl)ccc1C. The minimum atomic E-state index is 0.562. The quantitative estimate of drug-likeness (QED) is 0.922. The number of nitrogens with zero attached hydrogens (tertiary/aromatic N) is 2. The van der Waals surface area contributed by atoms with Gasteiger partial charge in [0.1, 0.15) is 17.9 Å². The predicted octanol–water partition coefficient (Wildman–Crippen LogP) is 3.83. The van der Waals surface area contributed by atoms with Crippen LogP contribution in [0, 0.1) is 6.92 Å². The summed E-state index contributed by atoms with van der Waals surface area (Å²) in [7, 11) is 1.83. The van der Waals surface area contributed by atoms with Crippen molar-refractivity contribution in [2.45, 2.75) is 20.3 Å². The van der Waals surface area contributed by atoms with Crippen molar-refractivity contribution in [1.29, 1.82) is 0 Å². The number of ether oxygens (including phenoxy) is 1. The number of halogens is 1. The molecule has 4 nitrogen and oxygen atoms in total. The summed E-state index contributed by atoms with van der Waals surface area (Å²) >= 11 is 5.99. The first-order valence-corrected chi connectivity index (χ1v) is 6.49. The lowest BCUT2D eigenvalue weighted by atomic mass is 10.2. The Bertz CT molecular complexity index is 587. The Morgan fingerprint density at radius 1 is 1.32 bits per heavy atom. The van der Waals surface area contributed by atoms with Crippen LogP contribution in [0.1, 0.15) is 18.1 Å². The zero-order chi connectivity index (χ0) is 13.8. The summed E-state index contributed by atoms with van der Waals surface area (Å²) in [6, 6.07) is 5.55. The topological polar surface area (TPSA) is 47.0 Å². The summed E-state index contributed by atoms with van der Waals surface area (Å²) in [4.78, 5) is 8.39. The van der Waals surface area contributed by atoms with Gasteiger partial charge in [0.05, 0.1) is 5.56 Å². The third-order valence-electron chi connectivity index (χ3n) is 2.85. The maximum Gasteiger partial charge on any atom is 0.227 e. The number of rotatable bonds is 4. The number of anilines is 1. The van der Waals surface area contributed by atoms with Gasteiger partial charge >= 0.3 is 0 Å². The molecule has 0 aliphatic rings. The fourth-order valence-electron chi connectivity index (χ4n) is 1.81. The van der Waals surface area contributed by atoms with E-state index < -0.39 is 0 Å². The Hall–Kier alpha value is -1.81. The van der Waals surface area contributed by atoms with Crippen molar-refractivity contribution in [2.75, 3.05) is 12.4 Å². The second kappa shape index (κ2) is 5.89. The van der Waals surface area contributed by atoms with Gasteiger partial charge in [-0.25, -0.2) is 9.97 Å². The molecule has 2 aromatic rings. The highest BCUT2D eigenvalue weighted by Crippen LogP contribution is 2.30. The standard InChI is InChI=1S/C14H16ClN3O/c1-4-11-13(16-3)17-8-18-14(11)19-12-7-10(15)6-5-9(12)2/h5-8H,4H2,1-3H3,(H,16,17,18). The third-order valence-corrected chi connectivity index (χ3v) is 3.09. The number of nitrogens with one attached hydrogen (secondary N) is 1. The predicted molar refractivity (Wildman–Crippen MR) is 77.2 cm³/mol. The van der Waals surface area contributed by atoms with Gasteiger partial charge < -0.3 is 10.1 Å². The summed E-state index contributed by atoms with van der Waals surface area (Å²) in [6.45, 7) is 4.01. The third kappa shape index (κ3) is 2.96. The highest BCUT2D eigenvalue weighted by atomic mass is 35.5. The lowest BCUT2D eigenvalue weighted by Crippen LogP contribution is -2.02. The molecule has 0 aliphatic carbocycles. The second-order valence-corrected chi connectivity index (χ2v) is 4.56. The first kappa shape index (κ1) is 13.6. The normalized spacial score (nSPS) is 10.3. The van der Waals surface area contributed by atoms with Crippen molar-refractivity contribution in [2.24, 2.45) is 0 Å². The number of aryl methyl sites for hydroxylation is 1. The Morgan fingerprint density at radius 2 is 2.11 bits per heavy atom. The zero-order valence-corrected chi connectivity index (χ0v) is 12.0. The zero-order valence-electron chi connectivity index (χ0n) is 11.2. The number of hydrogen-bond acceptors (Lipinski definition) is 4. The Kier molecular flexibility index (Phi) is 4.22. The van der Waals surface area contributed by atoms with Gasteiger partial charge in [-0.2, -0.15) is 0 Å². The van der Waals surface area contributed by atoms with E-state index in [0.717, 1.165) is 23.4 Å². The molecule has 5 heteroatoms. The molecule has 0 spiro atoms. The molecule has 1 N–H and O–H groups in total. The number of hydrogen-bond donors (Lipinski definition) is 1. The van der Waals surface area contributed by atoms with Gasteiger partial charge in [-0.3, -0.25) is 0 Å². The van der Waals surface area contributed by atoms with E-state index in [1.165, 1.54) is 6.33 Å². The molecule has 19 heavy (non-hydrogen) atoms. The molecule has 0 unspecified atom stereocenters. The molecule has 2 rings (SSSR count). The van der Waals surface area contributed by atoms with Crippen molar-refractivity contribution in [1.82, 2.24) is 9.97 Å². The fraction of sp³-hybridized carbons (Fsp3) is 0.286. The minimum absolute atomic E-state index is 0.562. The molecule has 0 saturated carbocycles. The van der Waals surface area contributed by atoms with Crippen molar-refractivity contribution in [3.05, 3.63) is 40.7 Å². The van der Waals surface area contributed by atoms with Gasteiger partial charge in [0.2, 0.25) is 5.88 Å². The van der Waals surface area contributed by atoms with Crippen LogP contribution in [-0.4, -0.2) is 17.0 Å². The molecule has 1 heterocycles. The molecular formula is C14H16ClN3O. The van der Waals surface area contributed by atoms with E-state index in [2.05, 4.69) is 15.3 Å². The minimum Gasteiger partial charge on any atom is -0.438 e. The van der Waals surface area contributed by atoms with Gasteiger partial charge in [-0.05, 0) is 31.0 Å². The van der Waals surface area contributed by atoms with Crippen LogP contribution in [0.25, 0.3) is 0 Å². The van der Waals surface area contributed by atoms with Crippen LogP contribution in [0.2, 0.25) is 5.02 Å². The van der Waals surface area contributed by atoms with Gasteiger partial charge in [-0.15, -0.1) is 0 Å². The summed E-state index contributed by atoms with van der Waals surface area (Å²) in [6.07, 6.45) is 2.27. The van der Waals surface area contributed by atoms with Crippen molar-refractivity contribution < 1.29 is 4.74 Å². The lowest BCUT2D eigenvalue weighted by Gasteiger charge is -2.13. The van der Waals surface area contributed by atoms with Crippen LogP contribution in [0.5, 0.6) is 11.6 Å². The molecule has 0 bridgehead atoms. The maximum atomic E-state index is 5.99. The molecule has 0 atom stereocenters. The van der Waals surface area contributed by atoms with E-state index in [9.17, 15) is 0 Å². The highest BCUT2D eigenvalue weighted by molar-refractivity contribution is 6.30. The summed E-state index contributed by atoms with van der Waals surface area (Å²) in [5.41, 5.74) is 1.96. The molecule has 0 amide bonds. The monoisotopic (exact) mass is 277 g/mol. The Labute approximate surface area is 117 Å². The van der Waals surface area contributed by atoms with Gasteiger partial charge in [0, 0.05) is 12.1 Å². The molecular weight excluding hydrogens is 262 g/mol. The van der Waals surface area contributed by atoms with E-state index >= 15 is 0 Å². The summed E-state index contributed by atoms with van der Waals surface area (Å²) in [5, 5.41) is 3.68. The molecule has 1 aromatic carbocycles. The first-order chi connectivity index (χ1) is 9.15. The molecule has 0 radical (unpaired) electrons. The molecule has 0 aliphatic heterocycles. The van der Waals surface area contributed by atoms with E-state index in [1.807, 2.05) is 33.0 Å². The van der Waals surface area contributed by atoms with E-state index in [-0.39, 0.29) is 0 Å². The number of aromatic nitrogens is 2. The lowest BCUT2D eigenvalue weighted by molar-refractivity contribution is 0.452. The van der Waals surface area contributed by atoms with E-state index in [4.69, 9.17) is 16.3 Å². The van der Waals surface area contributed by atoms with Crippen LogP contribution < -0.4 is 10.1 Å². The molecule has 0 saturated heterocycles. The molecule has 0 fully saturated rings. The van der Waals surface area contributed by atoms with Gasteiger partial charge in [0.25, 0.3) is 0 Å². The van der Waals surface area contributed by atoms with Crippen LogP contribution in [0.3, 0.4) is 0 Å². The van der Waals surface area contributed by atoms with E-state index in [1.54, 1.807) is 6.07 Å². The second-order valence-electron chi connectivity index (χ2n) is 4.12. The van der Waals surface area contributed by atoms with Gasteiger partial charge in [-0.1, -0.05) is 24.6 Å².